The third-order valence-corrected chi connectivity index (χ3v) is 9.13. The highest BCUT2D eigenvalue weighted by molar-refractivity contribution is 7.91. The van der Waals surface area contributed by atoms with E-state index in [0.717, 1.165) is 21.6 Å². The van der Waals surface area contributed by atoms with E-state index < -0.39 is 22.0 Å². The Balaban J connectivity index is 1.70. The van der Waals surface area contributed by atoms with Gasteiger partial charge in [-0.15, -0.1) is 11.3 Å². The third kappa shape index (κ3) is 3.38. The maximum atomic E-state index is 12.8. The van der Waals surface area contributed by atoms with Crippen LogP contribution in [0.5, 0.6) is 0 Å². The van der Waals surface area contributed by atoms with E-state index in [1.54, 1.807) is 23.6 Å². The Morgan fingerprint density at radius 1 is 1.33 bits per heavy atom. The number of benzene rings is 1. The highest BCUT2D eigenvalue weighted by Gasteiger charge is 2.39. The van der Waals surface area contributed by atoms with Crippen molar-refractivity contribution < 1.29 is 13.2 Å². The Morgan fingerprint density at radius 3 is 2.89 bits per heavy atom. The van der Waals surface area contributed by atoms with Gasteiger partial charge in [-0.25, -0.2) is 8.42 Å². The average molecular weight is 442 g/mol. The minimum atomic E-state index is -3.67. The fourth-order valence-electron chi connectivity index (χ4n) is 3.18. The van der Waals surface area contributed by atoms with E-state index in [9.17, 15) is 13.2 Å². The second-order valence-corrected chi connectivity index (χ2v) is 10.7. The van der Waals surface area contributed by atoms with Gasteiger partial charge >= 0.3 is 0 Å². The summed E-state index contributed by atoms with van der Waals surface area (Å²) in [6.07, 6.45) is 1.12. The molecule has 1 unspecified atom stereocenters. The molecule has 1 atom stereocenters. The van der Waals surface area contributed by atoms with E-state index in [2.05, 4.69) is 4.99 Å². The molecule has 27 heavy (non-hydrogen) atoms. The molecule has 0 radical (unpaired) electrons. The standard InChI is InChI=1S/C17H16ClN3O3S3/c1-20-12-7-6-11(18)10-14(12)26-17(20)19-16(22)13-4-2-8-21(13)27(23,24)15-5-3-9-25-15/h3,5-7,9-10,13H,2,4,8H2,1H3. The van der Waals surface area contributed by atoms with Crippen LogP contribution in [-0.4, -0.2) is 35.8 Å². The number of carbonyl (C=O) groups excluding carboxylic acids is 1. The summed E-state index contributed by atoms with van der Waals surface area (Å²) >= 11 is 8.55. The molecular weight excluding hydrogens is 426 g/mol. The molecule has 10 heteroatoms. The molecule has 1 saturated heterocycles. The van der Waals surface area contributed by atoms with Crippen molar-refractivity contribution in [1.29, 1.82) is 0 Å². The lowest BCUT2D eigenvalue weighted by Gasteiger charge is -2.20. The molecule has 1 amide bonds. The number of fused-ring (bicyclic) bond motifs is 1. The van der Waals surface area contributed by atoms with Crippen LogP contribution in [0.4, 0.5) is 0 Å². The number of nitrogens with zero attached hydrogens (tertiary/aromatic N) is 3. The van der Waals surface area contributed by atoms with Crippen LogP contribution in [0.15, 0.2) is 44.9 Å². The molecule has 0 saturated carbocycles. The van der Waals surface area contributed by atoms with Gasteiger partial charge in [-0.1, -0.05) is 29.0 Å². The summed E-state index contributed by atoms with van der Waals surface area (Å²) in [4.78, 5) is 17.6. The van der Waals surface area contributed by atoms with Gasteiger partial charge in [0.1, 0.15) is 10.3 Å². The largest absolute Gasteiger partial charge is 0.319 e. The molecule has 0 aliphatic carbocycles. The zero-order valence-corrected chi connectivity index (χ0v) is 17.5. The summed E-state index contributed by atoms with van der Waals surface area (Å²) in [5, 5.41) is 2.33. The zero-order chi connectivity index (χ0) is 19.2. The van der Waals surface area contributed by atoms with Gasteiger partial charge in [0, 0.05) is 18.6 Å². The Labute approximate surface area is 169 Å². The van der Waals surface area contributed by atoms with Crippen LogP contribution in [0.2, 0.25) is 5.02 Å². The van der Waals surface area contributed by atoms with Crippen LogP contribution in [0, 0.1) is 0 Å². The highest BCUT2D eigenvalue weighted by Crippen LogP contribution is 2.29. The first-order valence-corrected chi connectivity index (χ1v) is 11.8. The fraction of sp³-hybridized carbons (Fsp3) is 0.294. The Kier molecular flexibility index (Phi) is 4.98. The number of hydrogen-bond donors (Lipinski definition) is 0. The van der Waals surface area contributed by atoms with Crippen molar-refractivity contribution >= 4 is 60.4 Å². The molecule has 6 nitrogen and oxygen atoms in total. The lowest BCUT2D eigenvalue weighted by molar-refractivity contribution is -0.121. The van der Waals surface area contributed by atoms with Gasteiger partial charge in [-0.05, 0) is 42.5 Å². The number of aryl methyl sites for hydroxylation is 1. The highest BCUT2D eigenvalue weighted by atomic mass is 35.5. The van der Waals surface area contributed by atoms with Gasteiger partial charge in [0.05, 0.1) is 10.2 Å². The van der Waals surface area contributed by atoms with Crippen LogP contribution in [0.1, 0.15) is 12.8 Å². The van der Waals surface area contributed by atoms with Crippen molar-refractivity contribution in [3.05, 3.63) is 45.5 Å². The van der Waals surface area contributed by atoms with E-state index >= 15 is 0 Å². The number of thiazole rings is 1. The maximum absolute atomic E-state index is 12.8. The van der Waals surface area contributed by atoms with Gasteiger partial charge < -0.3 is 4.57 Å². The average Bonchev–Trinajstić information content (AvgIpc) is 3.35. The first-order chi connectivity index (χ1) is 12.9. The molecule has 4 rings (SSSR count). The number of hydrogen-bond acceptors (Lipinski definition) is 5. The number of sulfonamides is 1. The molecular formula is C17H16ClN3O3S3. The van der Waals surface area contributed by atoms with Gasteiger partial charge in [-0.3, -0.25) is 4.79 Å². The molecule has 1 aliphatic heterocycles. The summed E-state index contributed by atoms with van der Waals surface area (Å²) in [6.45, 7) is 0.334. The van der Waals surface area contributed by atoms with E-state index in [-0.39, 0.29) is 4.21 Å². The van der Waals surface area contributed by atoms with Gasteiger partial charge in [0.2, 0.25) is 0 Å². The van der Waals surface area contributed by atoms with Crippen molar-refractivity contribution in [2.45, 2.75) is 23.1 Å². The normalized spacial score (nSPS) is 19.2. The van der Waals surface area contributed by atoms with Crippen LogP contribution in [0.3, 0.4) is 0 Å². The molecule has 0 N–H and O–H groups in total. The molecule has 1 aliphatic rings. The molecule has 1 fully saturated rings. The number of amides is 1. The predicted octanol–water partition coefficient (Wildman–Crippen LogP) is 3.24. The van der Waals surface area contributed by atoms with Crippen molar-refractivity contribution in [3.8, 4) is 0 Å². The Morgan fingerprint density at radius 2 is 2.15 bits per heavy atom. The van der Waals surface area contributed by atoms with E-state index in [1.165, 1.54) is 15.6 Å². The fourth-order valence-corrected chi connectivity index (χ4v) is 7.25. The summed E-state index contributed by atoms with van der Waals surface area (Å²) in [7, 11) is -1.84. The SMILES string of the molecule is Cn1c(=NC(=O)C2CCCN2S(=O)(=O)c2cccs2)sc2cc(Cl)ccc21. The molecule has 3 aromatic rings. The van der Waals surface area contributed by atoms with Crippen molar-refractivity contribution in [2.24, 2.45) is 12.0 Å². The minimum Gasteiger partial charge on any atom is -0.319 e. The Bertz CT molecular complexity index is 1180. The van der Waals surface area contributed by atoms with Crippen molar-refractivity contribution in [2.75, 3.05) is 6.54 Å². The maximum Gasteiger partial charge on any atom is 0.266 e. The number of thiophene rings is 1. The lowest BCUT2D eigenvalue weighted by Crippen LogP contribution is -2.40. The van der Waals surface area contributed by atoms with Crippen molar-refractivity contribution in [3.63, 3.8) is 0 Å². The van der Waals surface area contributed by atoms with Crippen molar-refractivity contribution in [1.82, 2.24) is 8.87 Å². The van der Waals surface area contributed by atoms with E-state index in [1.807, 2.05) is 23.7 Å². The number of rotatable bonds is 3. The van der Waals surface area contributed by atoms with Crippen LogP contribution < -0.4 is 4.80 Å². The number of carbonyl (C=O) groups is 1. The lowest BCUT2D eigenvalue weighted by atomic mass is 10.2. The number of halogens is 1. The predicted molar refractivity (Wildman–Crippen MR) is 108 cm³/mol. The molecule has 142 valence electrons. The topological polar surface area (TPSA) is 71.7 Å². The first-order valence-electron chi connectivity index (χ1n) is 8.27. The van der Waals surface area contributed by atoms with Crippen LogP contribution >= 0.6 is 34.3 Å². The first kappa shape index (κ1) is 18.8. The molecule has 3 heterocycles. The molecule has 1 aromatic carbocycles. The van der Waals surface area contributed by atoms with Gasteiger partial charge in [0.15, 0.2) is 4.80 Å². The smallest absolute Gasteiger partial charge is 0.266 e. The van der Waals surface area contributed by atoms with Gasteiger partial charge in [-0.2, -0.15) is 9.30 Å². The van der Waals surface area contributed by atoms with E-state index in [4.69, 9.17) is 11.6 Å². The zero-order valence-electron chi connectivity index (χ0n) is 14.3. The summed E-state index contributed by atoms with van der Waals surface area (Å²) in [5.74, 6) is -0.430. The van der Waals surface area contributed by atoms with Crippen LogP contribution in [0.25, 0.3) is 10.2 Å². The summed E-state index contributed by atoms with van der Waals surface area (Å²) in [5.41, 5.74) is 0.922. The molecule has 0 bridgehead atoms. The third-order valence-electron chi connectivity index (χ3n) is 4.52. The summed E-state index contributed by atoms with van der Waals surface area (Å²) < 4.78 is 30.0. The number of aromatic nitrogens is 1. The molecule has 2 aromatic heterocycles. The quantitative estimate of drug-likeness (QED) is 0.626. The minimum absolute atomic E-state index is 0.254. The van der Waals surface area contributed by atoms with E-state index in [0.29, 0.717) is 29.2 Å². The Hall–Kier alpha value is -1.52. The van der Waals surface area contributed by atoms with Gasteiger partial charge in [0.25, 0.3) is 15.9 Å². The monoisotopic (exact) mass is 441 g/mol. The molecule has 0 spiro atoms. The second-order valence-electron chi connectivity index (χ2n) is 6.21. The summed E-state index contributed by atoms with van der Waals surface area (Å²) in [6, 6.07) is 7.98. The van der Waals surface area contributed by atoms with Crippen LogP contribution in [-0.2, 0) is 21.9 Å². The second kappa shape index (κ2) is 7.14.